The second kappa shape index (κ2) is 6.17. The van der Waals surface area contributed by atoms with Gasteiger partial charge in [-0.3, -0.25) is 4.79 Å². The molecule has 0 radical (unpaired) electrons. The van der Waals surface area contributed by atoms with E-state index in [1.54, 1.807) is 13.8 Å². The monoisotopic (exact) mass is 253 g/mol. The lowest BCUT2D eigenvalue weighted by Gasteiger charge is -2.18. The number of methoxy groups -OCH3 is 1. The Kier molecular flexibility index (Phi) is 5.91. The van der Waals surface area contributed by atoms with Crippen molar-refractivity contribution in [1.29, 1.82) is 0 Å². The standard InChI is InChI=1S/C9H19NO5S/c1-6(5-7(2)11)10-16(13,14)8(3)9(12)15-4/h6-8,10-11H,5H2,1-4H3. The molecule has 0 saturated heterocycles. The maximum Gasteiger partial charge on any atom is 0.325 e. The second-order valence-electron chi connectivity index (χ2n) is 3.81. The van der Waals surface area contributed by atoms with E-state index in [4.69, 9.17) is 5.11 Å². The van der Waals surface area contributed by atoms with Crippen molar-refractivity contribution >= 4 is 16.0 Å². The summed E-state index contributed by atoms with van der Waals surface area (Å²) in [6.07, 6.45) is -0.321. The van der Waals surface area contributed by atoms with Crippen LogP contribution in [0.3, 0.4) is 0 Å². The van der Waals surface area contributed by atoms with Gasteiger partial charge in [-0.25, -0.2) is 13.1 Å². The average molecular weight is 253 g/mol. The van der Waals surface area contributed by atoms with Crippen molar-refractivity contribution in [3.8, 4) is 0 Å². The van der Waals surface area contributed by atoms with E-state index in [2.05, 4.69) is 9.46 Å². The lowest BCUT2D eigenvalue weighted by Crippen LogP contribution is -2.43. The molecule has 0 heterocycles. The molecule has 2 N–H and O–H groups in total. The van der Waals surface area contributed by atoms with Gasteiger partial charge in [0, 0.05) is 6.04 Å². The van der Waals surface area contributed by atoms with Gasteiger partial charge < -0.3 is 9.84 Å². The summed E-state index contributed by atoms with van der Waals surface area (Å²) in [4.78, 5) is 11.1. The number of sulfonamides is 1. The minimum atomic E-state index is -3.75. The number of esters is 1. The fraction of sp³-hybridized carbons (Fsp3) is 0.889. The Morgan fingerprint density at radius 1 is 1.38 bits per heavy atom. The Balaban J connectivity index is 4.51. The third kappa shape index (κ3) is 4.91. The lowest BCUT2D eigenvalue weighted by molar-refractivity contribution is -0.139. The molecular formula is C9H19NO5S. The van der Waals surface area contributed by atoms with Crippen molar-refractivity contribution in [3.63, 3.8) is 0 Å². The molecule has 0 aliphatic heterocycles. The van der Waals surface area contributed by atoms with Crippen molar-refractivity contribution < 1.29 is 23.1 Å². The second-order valence-corrected chi connectivity index (χ2v) is 5.85. The number of hydrogen-bond donors (Lipinski definition) is 2. The van der Waals surface area contributed by atoms with Gasteiger partial charge in [-0.05, 0) is 27.2 Å². The molecule has 0 aliphatic rings. The quantitative estimate of drug-likeness (QED) is 0.630. The van der Waals surface area contributed by atoms with E-state index in [9.17, 15) is 13.2 Å². The molecule has 6 nitrogen and oxygen atoms in total. The molecule has 0 bridgehead atoms. The van der Waals surface area contributed by atoms with Gasteiger partial charge in [0.1, 0.15) is 0 Å². The molecule has 0 spiro atoms. The molecule has 0 amide bonds. The van der Waals surface area contributed by atoms with Crippen LogP contribution >= 0.6 is 0 Å². The van der Waals surface area contributed by atoms with Crippen LogP contribution < -0.4 is 4.72 Å². The molecular weight excluding hydrogens is 234 g/mol. The minimum absolute atomic E-state index is 0.285. The van der Waals surface area contributed by atoms with Crippen molar-refractivity contribution in [1.82, 2.24) is 4.72 Å². The van der Waals surface area contributed by atoms with Crippen LogP contribution in [-0.4, -0.2) is 44.0 Å². The SMILES string of the molecule is COC(=O)C(C)S(=O)(=O)NC(C)CC(C)O. The highest BCUT2D eigenvalue weighted by Gasteiger charge is 2.30. The van der Waals surface area contributed by atoms with Gasteiger partial charge in [-0.15, -0.1) is 0 Å². The van der Waals surface area contributed by atoms with Gasteiger partial charge in [0.25, 0.3) is 0 Å². The zero-order valence-corrected chi connectivity index (χ0v) is 10.7. The Morgan fingerprint density at radius 3 is 2.25 bits per heavy atom. The smallest absolute Gasteiger partial charge is 0.325 e. The zero-order valence-electron chi connectivity index (χ0n) is 9.93. The van der Waals surface area contributed by atoms with E-state index < -0.39 is 33.4 Å². The van der Waals surface area contributed by atoms with Crippen LogP contribution in [0.15, 0.2) is 0 Å². The normalized spacial score (nSPS) is 17.6. The summed E-state index contributed by atoms with van der Waals surface area (Å²) in [5.41, 5.74) is 0. The number of carbonyl (C=O) groups is 1. The summed E-state index contributed by atoms with van der Waals surface area (Å²) in [7, 11) is -2.62. The van der Waals surface area contributed by atoms with E-state index in [1.807, 2.05) is 0 Å². The maximum absolute atomic E-state index is 11.6. The van der Waals surface area contributed by atoms with Crippen LogP contribution in [0.25, 0.3) is 0 Å². The number of aliphatic hydroxyl groups is 1. The van der Waals surface area contributed by atoms with Crippen LogP contribution in [0, 0.1) is 0 Å². The first-order chi connectivity index (χ1) is 7.20. The summed E-state index contributed by atoms with van der Waals surface area (Å²) < 4.78 is 29.9. The summed E-state index contributed by atoms with van der Waals surface area (Å²) in [6.45, 7) is 4.44. The van der Waals surface area contributed by atoms with Gasteiger partial charge in [0.05, 0.1) is 13.2 Å². The molecule has 96 valence electrons. The van der Waals surface area contributed by atoms with E-state index in [0.717, 1.165) is 7.11 Å². The Labute approximate surface area is 96.0 Å². The molecule has 0 fully saturated rings. The summed E-state index contributed by atoms with van der Waals surface area (Å²) in [5.74, 6) is -0.809. The topological polar surface area (TPSA) is 92.7 Å². The third-order valence-corrected chi connectivity index (χ3v) is 3.91. The fourth-order valence-corrected chi connectivity index (χ4v) is 2.45. The number of aliphatic hydroxyl groups excluding tert-OH is 1. The first-order valence-corrected chi connectivity index (χ1v) is 6.52. The van der Waals surface area contributed by atoms with Gasteiger partial charge in [0.15, 0.2) is 5.25 Å². The first kappa shape index (κ1) is 15.3. The minimum Gasteiger partial charge on any atom is -0.468 e. The van der Waals surface area contributed by atoms with Crippen molar-refractivity contribution in [2.45, 2.75) is 44.6 Å². The highest BCUT2D eigenvalue weighted by molar-refractivity contribution is 7.90. The van der Waals surface area contributed by atoms with Crippen LogP contribution in [0.5, 0.6) is 0 Å². The number of hydrogen-bond acceptors (Lipinski definition) is 5. The van der Waals surface area contributed by atoms with Gasteiger partial charge >= 0.3 is 5.97 Å². The first-order valence-electron chi connectivity index (χ1n) is 4.97. The van der Waals surface area contributed by atoms with Crippen LogP contribution in [0.1, 0.15) is 27.2 Å². The maximum atomic E-state index is 11.6. The summed E-state index contributed by atoms with van der Waals surface area (Å²) in [5, 5.41) is 7.83. The molecule has 3 atom stereocenters. The number of carbonyl (C=O) groups excluding carboxylic acids is 1. The molecule has 0 aromatic heterocycles. The molecule has 0 aromatic rings. The van der Waals surface area contributed by atoms with Crippen molar-refractivity contribution in [2.24, 2.45) is 0 Å². The molecule has 0 saturated carbocycles. The Hall–Kier alpha value is -0.660. The van der Waals surface area contributed by atoms with Gasteiger partial charge in [-0.2, -0.15) is 0 Å². The number of ether oxygens (including phenoxy) is 1. The molecule has 0 rings (SSSR count). The summed E-state index contributed by atoms with van der Waals surface area (Å²) >= 11 is 0. The lowest BCUT2D eigenvalue weighted by atomic mass is 10.2. The van der Waals surface area contributed by atoms with E-state index in [0.29, 0.717) is 0 Å². The van der Waals surface area contributed by atoms with E-state index in [1.165, 1.54) is 6.92 Å². The largest absolute Gasteiger partial charge is 0.468 e. The fourth-order valence-electron chi connectivity index (χ4n) is 1.23. The van der Waals surface area contributed by atoms with Crippen LogP contribution in [-0.2, 0) is 19.6 Å². The van der Waals surface area contributed by atoms with E-state index in [-0.39, 0.29) is 6.42 Å². The zero-order chi connectivity index (χ0) is 12.9. The van der Waals surface area contributed by atoms with E-state index >= 15 is 0 Å². The predicted octanol–water partition coefficient (Wildman–Crippen LogP) is -0.373. The van der Waals surface area contributed by atoms with Crippen LogP contribution in [0.4, 0.5) is 0 Å². The van der Waals surface area contributed by atoms with Crippen molar-refractivity contribution in [3.05, 3.63) is 0 Å². The highest BCUT2D eigenvalue weighted by Crippen LogP contribution is 2.05. The highest BCUT2D eigenvalue weighted by atomic mass is 32.2. The Bertz CT molecular complexity index is 325. The molecule has 16 heavy (non-hydrogen) atoms. The molecule has 0 aromatic carbocycles. The number of rotatable bonds is 6. The van der Waals surface area contributed by atoms with Crippen LogP contribution in [0.2, 0.25) is 0 Å². The Morgan fingerprint density at radius 2 is 1.88 bits per heavy atom. The molecule has 3 unspecified atom stereocenters. The van der Waals surface area contributed by atoms with Crippen molar-refractivity contribution in [2.75, 3.05) is 7.11 Å². The van der Waals surface area contributed by atoms with Gasteiger partial charge in [0.2, 0.25) is 10.0 Å². The third-order valence-electron chi connectivity index (χ3n) is 2.06. The van der Waals surface area contributed by atoms with Gasteiger partial charge in [-0.1, -0.05) is 0 Å². The molecule has 0 aliphatic carbocycles. The number of nitrogens with one attached hydrogen (secondary N) is 1. The average Bonchev–Trinajstić information content (AvgIpc) is 2.13. The summed E-state index contributed by atoms with van der Waals surface area (Å²) in [6, 6.07) is -0.433. The molecule has 7 heteroatoms. The predicted molar refractivity (Wildman–Crippen MR) is 59.3 cm³/mol.